The fourth-order valence-corrected chi connectivity index (χ4v) is 2.24. The van der Waals surface area contributed by atoms with Crippen LogP contribution in [0.2, 0.25) is 0 Å². The third-order valence-corrected chi connectivity index (χ3v) is 3.53. The van der Waals surface area contributed by atoms with Gasteiger partial charge in [-0.05, 0) is 32.0 Å². The average Bonchev–Trinajstić information content (AvgIpc) is 2.27. The van der Waals surface area contributed by atoms with Gasteiger partial charge in [-0.1, -0.05) is 0 Å². The molecule has 2 rings (SSSR count). The molecule has 0 radical (unpaired) electrons. The number of benzene rings is 1. The molecule has 1 heterocycles. The summed E-state index contributed by atoms with van der Waals surface area (Å²) >= 11 is 1.48. The Labute approximate surface area is 110 Å². The second-order valence-electron chi connectivity index (χ2n) is 4.72. The number of hydrogen-bond donors (Lipinski definition) is 3. The maximum atomic E-state index is 11.7. The molecule has 1 aromatic rings. The van der Waals surface area contributed by atoms with Crippen molar-refractivity contribution in [3.8, 4) is 0 Å². The van der Waals surface area contributed by atoms with E-state index in [4.69, 9.17) is 5.73 Å². The Morgan fingerprint density at radius 2 is 2.22 bits per heavy atom. The van der Waals surface area contributed by atoms with Gasteiger partial charge >= 0.3 is 0 Å². The average molecular weight is 265 g/mol. The number of anilines is 2. The first-order valence-electron chi connectivity index (χ1n) is 5.53. The molecule has 1 aromatic carbocycles. The lowest BCUT2D eigenvalue weighted by atomic mass is 10.1. The van der Waals surface area contributed by atoms with Crippen LogP contribution in [0.4, 0.5) is 11.4 Å². The van der Waals surface area contributed by atoms with Gasteiger partial charge in [0, 0.05) is 10.6 Å². The van der Waals surface area contributed by atoms with E-state index >= 15 is 0 Å². The largest absolute Gasteiger partial charge is 0.324 e. The Morgan fingerprint density at radius 3 is 2.89 bits per heavy atom. The summed E-state index contributed by atoms with van der Waals surface area (Å²) in [6, 6.07) is 5.41. The van der Waals surface area contributed by atoms with Crippen molar-refractivity contribution in [1.29, 1.82) is 0 Å². The first-order valence-corrected chi connectivity index (χ1v) is 6.52. The fourth-order valence-electron chi connectivity index (χ4n) is 1.45. The van der Waals surface area contributed by atoms with Gasteiger partial charge in [0.25, 0.3) is 0 Å². The van der Waals surface area contributed by atoms with Crippen molar-refractivity contribution >= 4 is 35.0 Å². The molecule has 1 aliphatic heterocycles. The highest BCUT2D eigenvalue weighted by atomic mass is 32.2. The highest BCUT2D eigenvalue weighted by Crippen LogP contribution is 2.33. The topological polar surface area (TPSA) is 84.2 Å². The van der Waals surface area contributed by atoms with Crippen LogP contribution in [0.25, 0.3) is 0 Å². The Hall–Kier alpha value is -1.53. The number of rotatable bonds is 2. The van der Waals surface area contributed by atoms with Crippen LogP contribution in [-0.2, 0) is 9.59 Å². The van der Waals surface area contributed by atoms with E-state index in [1.807, 2.05) is 6.07 Å². The molecular weight excluding hydrogens is 250 g/mol. The van der Waals surface area contributed by atoms with Gasteiger partial charge in [-0.25, -0.2) is 0 Å². The summed E-state index contributed by atoms with van der Waals surface area (Å²) in [5.41, 5.74) is 6.12. The highest BCUT2D eigenvalue weighted by Gasteiger charge is 2.22. The Morgan fingerprint density at radius 1 is 1.50 bits per heavy atom. The molecule has 96 valence electrons. The number of carbonyl (C=O) groups is 2. The minimum absolute atomic E-state index is 0.0323. The van der Waals surface area contributed by atoms with Gasteiger partial charge in [-0.3, -0.25) is 9.59 Å². The van der Waals surface area contributed by atoms with E-state index in [1.54, 1.807) is 26.0 Å². The van der Waals surface area contributed by atoms with Crippen LogP contribution in [0.1, 0.15) is 13.8 Å². The van der Waals surface area contributed by atoms with Gasteiger partial charge in [-0.15, -0.1) is 11.8 Å². The maximum absolute atomic E-state index is 11.7. The summed E-state index contributed by atoms with van der Waals surface area (Å²) in [5.74, 6) is 0.126. The normalized spacial score (nSPS) is 14.7. The van der Waals surface area contributed by atoms with Crippen molar-refractivity contribution in [3.05, 3.63) is 18.2 Å². The summed E-state index contributed by atoms with van der Waals surface area (Å²) in [5, 5.41) is 5.49. The van der Waals surface area contributed by atoms with Crippen LogP contribution >= 0.6 is 11.8 Å². The standard InChI is InChI=1S/C12H15N3O2S/c1-12(2,13)11(17)14-7-3-4-9-8(5-7)15-10(16)6-18-9/h3-5H,6,13H2,1-2H3,(H,14,17)(H,15,16). The van der Waals surface area contributed by atoms with E-state index < -0.39 is 5.54 Å². The molecule has 5 nitrogen and oxygen atoms in total. The van der Waals surface area contributed by atoms with E-state index in [9.17, 15) is 9.59 Å². The van der Waals surface area contributed by atoms with Crippen molar-refractivity contribution in [2.24, 2.45) is 5.73 Å². The second-order valence-corrected chi connectivity index (χ2v) is 5.74. The molecule has 0 aliphatic carbocycles. The van der Waals surface area contributed by atoms with Crippen molar-refractivity contribution in [2.45, 2.75) is 24.3 Å². The summed E-state index contributed by atoms with van der Waals surface area (Å²) in [7, 11) is 0. The Balaban J connectivity index is 2.19. The van der Waals surface area contributed by atoms with Crippen molar-refractivity contribution in [1.82, 2.24) is 0 Å². The number of thioether (sulfide) groups is 1. The van der Waals surface area contributed by atoms with Crippen LogP contribution in [0, 0.1) is 0 Å². The molecule has 2 amide bonds. The summed E-state index contributed by atoms with van der Waals surface area (Å²) < 4.78 is 0. The van der Waals surface area contributed by atoms with Gasteiger partial charge in [0.15, 0.2) is 0 Å². The van der Waals surface area contributed by atoms with Crippen LogP contribution < -0.4 is 16.4 Å². The highest BCUT2D eigenvalue weighted by molar-refractivity contribution is 8.00. The smallest absolute Gasteiger partial charge is 0.243 e. The fraction of sp³-hybridized carbons (Fsp3) is 0.333. The minimum Gasteiger partial charge on any atom is -0.324 e. The van der Waals surface area contributed by atoms with Gasteiger partial charge in [0.2, 0.25) is 11.8 Å². The zero-order valence-corrected chi connectivity index (χ0v) is 11.1. The monoisotopic (exact) mass is 265 g/mol. The Kier molecular flexibility index (Phi) is 3.32. The zero-order chi connectivity index (χ0) is 13.3. The minimum atomic E-state index is -0.937. The van der Waals surface area contributed by atoms with Crippen LogP contribution in [-0.4, -0.2) is 23.1 Å². The molecule has 4 N–H and O–H groups in total. The van der Waals surface area contributed by atoms with Crippen molar-refractivity contribution in [2.75, 3.05) is 16.4 Å². The molecule has 18 heavy (non-hydrogen) atoms. The van der Waals surface area contributed by atoms with Gasteiger partial charge < -0.3 is 16.4 Å². The van der Waals surface area contributed by atoms with Crippen LogP contribution in [0.15, 0.2) is 23.1 Å². The summed E-state index contributed by atoms with van der Waals surface area (Å²) in [6.45, 7) is 3.27. The number of amides is 2. The zero-order valence-electron chi connectivity index (χ0n) is 10.2. The van der Waals surface area contributed by atoms with Gasteiger partial charge in [-0.2, -0.15) is 0 Å². The number of hydrogen-bond acceptors (Lipinski definition) is 4. The van der Waals surface area contributed by atoms with Crippen LogP contribution in [0.5, 0.6) is 0 Å². The van der Waals surface area contributed by atoms with E-state index in [0.717, 1.165) is 10.6 Å². The number of nitrogens with one attached hydrogen (secondary N) is 2. The molecule has 0 saturated carbocycles. The molecule has 0 fully saturated rings. The summed E-state index contributed by atoms with van der Waals surface area (Å²) in [4.78, 5) is 24.0. The quantitative estimate of drug-likeness (QED) is 0.755. The third kappa shape index (κ3) is 2.83. The number of nitrogens with two attached hydrogens (primary N) is 1. The maximum Gasteiger partial charge on any atom is 0.243 e. The van der Waals surface area contributed by atoms with Crippen LogP contribution in [0.3, 0.4) is 0 Å². The predicted molar refractivity (Wildman–Crippen MR) is 72.7 cm³/mol. The van der Waals surface area contributed by atoms with E-state index in [1.165, 1.54) is 11.8 Å². The first kappa shape index (κ1) is 12.9. The second kappa shape index (κ2) is 4.62. The molecular formula is C12H15N3O2S. The van der Waals surface area contributed by atoms with Crippen molar-refractivity contribution in [3.63, 3.8) is 0 Å². The van der Waals surface area contributed by atoms with E-state index in [2.05, 4.69) is 10.6 Å². The first-order chi connectivity index (χ1) is 8.36. The predicted octanol–water partition coefficient (Wildman–Crippen LogP) is 1.41. The Bertz CT molecular complexity index is 509. The molecule has 0 saturated heterocycles. The molecule has 0 aromatic heterocycles. The number of fused-ring (bicyclic) bond motifs is 1. The van der Waals surface area contributed by atoms with E-state index in [0.29, 0.717) is 11.4 Å². The summed E-state index contributed by atoms with van der Waals surface area (Å²) in [6.07, 6.45) is 0. The molecule has 1 aliphatic rings. The molecule has 0 unspecified atom stereocenters. The molecule has 0 atom stereocenters. The number of carbonyl (C=O) groups excluding carboxylic acids is 2. The van der Waals surface area contributed by atoms with Crippen molar-refractivity contribution < 1.29 is 9.59 Å². The lowest BCUT2D eigenvalue weighted by Gasteiger charge is -2.20. The van der Waals surface area contributed by atoms with Gasteiger partial charge in [0.1, 0.15) is 0 Å². The molecule has 0 bridgehead atoms. The van der Waals surface area contributed by atoms with E-state index in [-0.39, 0.29) is 11.8 Å². The lowest BCUT2D eigenvalue weighted by Crippen LogP contribution is -2.45. The lowest BCUT2D eigenvalue weighted by molar-refractivity contribution is -0.120. The molecule has 0 spiro atoms. The third-order valence-electron chi connectivity index (χ3n) is 2.46. The molecule has 6 heteroatoms. The SMILES string of the molecule is CC(C)(N)C(=O)Nc1ccc2c(c1)NC(=O)CS2. The van der Waals surface area contributed by atoms with Gasteiger partial charge in [0.05, 0.1) is 17.0 Å².